The van der Waals surface area contributed by atoms with E-state index in [1.165, 1.54) is 29.0 Å². The Morgan fingerprint density at radius 1 is 1.09 bits per heavy atom. The first-order valence-electron chi connectivity index (χ1n) is 11.0. The smallest absolute Gasteiger partial charge is 0.123 e. The predicted octanol–water partition coefficient (Wildman–Crippen LogP) is 5.22. The molecule has 5 rings (SSSR count). The second kappa shape index (κ2) is 8.02. The molecule has 2 heterocycles. The maximum absolute atomic E-state index is 13.4. The van der Waals surface area contributed by atoms with E-state index in [2.05, 4.69) is 42.6 Å². The maximum atomic E-state index is 13.4. The van der Waals surface area contributed by atoms with Crippen molar-refractivity contribution in [2.45, 2.75) is 39.3 Å². The fourth-order valence-corrected chi connectivity index (χ4v) is 4.77. The molecule has 6 heteroatoms. The fourth-order valence-electron chi connectivity index (χ4n) is 4.77. The molecule has 2 aromatic heterocycles. The van der Waals surface area contributed by atoms with Crippen molar-refractivity contribution in [3.05, 3.63) is 89.6 Å². The fraction of sp³-hybridized carbons (Fsp3) is 0.308. The summed E-state index contributed by atoms with van der Waals surface area (Å²) in [6, 6.07) is 17.0. The lowest BCUT2D eigenvalue weighted by Gasteiger charge is -2.36. The van der Waals surface area contributed by atoms with Crippen LogP contribution in [0, 0.1) is 11.2 Å². The second-order valence-electron chi connectivity index (χ2n) is 9.46. The van der Waals surface area contributed by atoms with E-state index in [-0.39, 0.29) is 17.3 Å². The van der Waals surface area contributed by atoms with Crippen molar-refractivity contribution in [1.82, 2.24) is 24.9 Å². The van der Waals surface area contributed by atoms with Crippen LogP contribution in [0.2, 0.25) is 0 Å². The molecule has 0 bridgehead atoms. The summed E-state index contributed by atoms with van der Waals surface area (Å²) in [6.07, 6.45) is 6.01. The molecular weight excluding hydrogens is 401 g/mol. The van der Waals surface area contributed by atoms with Crippen LogP contribution in [0.3, 0.4) is 0 Å². The lowest BCUT2D eigenvalue weighted by molar-refractivity contribution is 0.253. The highest BCUT2D eigenvalue weighted by Crippen LogP contribution is 2.41. The molecule has 1 atom stereocenters. The van der Waals surface area contributed by atoms with Crippen molar-refractivity contribution in [3.8, 4) is 16.9 Å². The Morgan fingerprint density at radius 2 is 1.84 bits per heavy atom. The number of hydrogen-bond acceptors (Lipinski definition) is 3. The number of aromatic nitrogens is 4. The predicted molar refractivity (Wildman–Crippen MR) is 124 cm³/mol. The molecule has 0 saturated carbocycles. The number of halogens is 1. The van der Waals surface area contributed by atoms with Gasteiger partial charge in [0.05, 0.1) is 17.6 Å². The summed E-state index contributed by atoms with van der Waals surface area (Å²) >= 11 is 0. The van der Waals surface area contributed by atoms with Crippen molar-refractivity contribution in [1.29, 1.82) is 0 Å². The summed E-state index contributed by atoms with van der Waals surface area (Å²) in [5.41, 5.74) is 6.74. The third-order valence-electron chi connectivity index (χ3n) is 6.24. The Morgan fingerprint density at radius 3 is 2.59 bits per heavy atom. The molecule has 0 fully saturated rings. The molecule has 0 radical (unpaired) electrons. The lowest BCUT2D eigenvalue weighted by Crippen LogP contribution is -2.33. The normalized spacial score (nSPS) is 17.3. The molecule has 0 amide bonds. The summed E-state index contributed by atoms with van der Waals surface area (Å²) in [5, 5.41) is 13.2. The molecule has 0 spiro atoms. The van der Waals surface area contributed by atoms with Crippen LogP contribution in [-0.4, -0.2) is 19.6 Å². The van der Waals surface area contributed by atoms with Crippen molar-refractivity contribution in [2.24, 2.45) is 12.5 Å². The molecule has 2 aromatic carbocycles. The van der Waals surface area contributed by atoms with Crippen LogP contribution in [0.5, 0.6) is 0 Å². The Hall–Kier alpha value is -3.25. The molecule has 5 nitrogen and oxygen atoms in total. The van der Waals surface area contributed by atoms with Gasteiger partial charge in [-0.1, -0.05) is 44.2 Å². The van der Waals surface area contributed by atoms with E-state index >= 15 is 0 Å². The van der Waals surface area contributed by atoms with Gasteiger partial charge in [0.25, 0.3) is 0 Å². The third-order valence-corrected chi connectivity index (χ3v) is 6.24. The van der Waals surface area contributed by atoms with Crippen molar-refractivity contribution in [3.63, 3.8) is 0 Å². The molecule has 0 saturated heterocycles. The molecule has 0 unspecified atom stereocenters. The van der Waals surface area contributed by atoms with E-state index in [0.29, 0.717) is 0 Å². The van der Waals surface area contributed by atoms with E-state index in [0.717, 1.165) is 36.3 Å². The molecular formula is C26H28FN5. The molecule has 0 aliphatic heterocycles. The largest absolute Gasteiger partial charge is 0.306 e. The zero-order valence-electron chi connectivity index (χ0n) is 18.7. The van der Waals surface area contributed by atoms with E-state index in [4.69, 9.17) is 5.10 Å². The minimum atomic E-state index is -0.236. The van der Waals surface area contributed by atoms with E-state index in [1.807, 2.05) is 40.8 Å². The van der Waals surface area contributed by atoms with Gasteiger partial charge in [-0.2, -0.15) is 10.2 Å². The Balaban J connectivity index is 1.44. The number of rotatable bonds is 5. The highest BCUT2D eigenvalue weighted by Gasteiger charge is 2.35. The zero-order valence-corrected chi connectivity index (χ0v) is 18.7. The van der Waals surface area contributed by atoms with Crippen LogP contribution >= 0.6 is 0 Å². The van der Waals surface area contributed by atoms with Gasteiger partial charge in [-0.3, -0.25) is 4.68 Å². The minimum absolute atomic E-state index is 0.125. The Bertz CT molecular complexity index is 1220. The Labute approximate surface area is 187 Å². The highest BCUT2D eigenvalue weighted by atomic mass is 19.1. The van der Waals surface area contributed by atoms with Crippen molar-refractivity contribution < 1.29 is 4.39 Å². The van der Waals surface area contributed by atoms with Gasteiger partial charge < -0.3 is 5.32 Å². The molecule has 4 aromatic rings. The summed E-state index contributed by atoms with van der Waals surface area (Å²) in [5.74, 6) is -0.236. The second-order valence-corrected chi connectivity index (χ2v) is 9.46. The SMILES string of the molecule is Cn1cc(CN[C@H]2CC(C)(C)Cc3c2cnn3-c2ccc(F)cc2)c(-c2ccccc2)n1. The molecule has 164 valence electrons. The van der Waals surface area contributed by atoms with Crippen LogP contribution in [-0.2, 0) is 20.0 Å². The molecule has 1 aliphatic carbocycles. The number of hydrogen-bond donors (Lipinski definition) is 1. The first-order valence-corrected chi connectivity index (χ1v) is 11.0. The number of benzene rings is 2. The highest BCUT2D eigenvalue weighted by molar-refractivity contribution is 5.62. The average molecular weight is 430 g/mol. The first kappa shape index (κ1) is 20.6. The molecule has 1 N–H and O–H groups in total. The molecule has 1 aliphatic rings. The van der Waals surface area contributed by atoms with Gasteiger partial charge in [0.1, 0.15) is 5.82 Å². The van der Waals surface area contributed by atoms with Gasteiger partial charge in [-0.25, -0.2) is 9.07 Å². The van der Waals surface area contributed by atoms with Crippen molar-refractivity contribution in [2.75, 3.05) is 0 Å². The van der Waals surface area contributed by atoms with E-state index in [9.17, 15) is 4.39 Å². The van der Waals surface area contributed by atoms with E-state index in [1.54, 1.807) is 12.1 Å². The van der Waals surface area contributed by atoms with E-state index < -0.39 is 0 Å². The summed E-state index contributed by atoms with van der Waals surface area (Å²) in [4.78, 5) is 0. The number of fused-ring (bicyclic) bond motifs is 1. The van der Waals surface area contributed by atoms with Crippen LogP contribution in [0.1, 0.15) is 43.1 Å². The summed E-state index contributed by atoms with van der Waals surface area (Å²) in [7, 11) is 1.96. The zero-order chi connectivity index (χ0) is 22.3. The van der Waals surface area contributed by atoms with Crippen LogP contribution < -0.4 is 5.32 Å². The van der Waals surface area contributed by atoms with Crippen molar-refractivity contribution >= 4 is 0 Å². The van der Waals surface area contributed by atoms with Gasteiger partial charge in [-0.05, 0) is 42.5 Å². The average Bonchev–Trinajstić information content (AvgIpc) is 3.36. The number of nitrogens with one attached hydrogen (secondary N) is 1. The topological polar surface area (TPSA) is 47.7 Å². The third kappa shape index (κ3) is 3.98. The standard InChI is InChI=1S/C26H28FN5/c1-26(2)13-23(22-16-29-32(24(22)14-26)21-11-9-20(27)10-12-21)28-15-19-17-31(3)30-25(19)18-7-5-4-6-8-18/h4-12,16-17,23,28H,13-15H2,1-3H3/t23-/m0/s1. The van der Waals surface area contributed by atoms with Gasteiger partial charge in [0, 0.05) is 48.2 Å². The summed E-state index contributed by atoms with van der Waals surface area (Å²) < 4.78 is 17.3. The van der Waals surface area contributed by atoms with Gasteiger partial charge in [0.2, 0.25) is 0 Å². The number of aryl methyl sites for hydroxylation is 1. The summed E-state index contributed by atoms with van der Waals surface area (Å²) in [6.45, 7) is 5.32. The van der Waals surface area contributed by atoms with Crippen LogP contribution in [0.25, 0.3) is 16.9 Å². The number of nitrogens with zero attached hydrogens (tertiary/aromatic N) is 4. The lowest BCUT2D eigenvalue weighted by atomic mass is 9.74. The minimum Gasteiger partial charge on any atom is -0.306 e. The van der Waals surface area contributed by atoms with Gasteiger partial charge in [-0.15, -0.1) is 0 Å². The first-order chi connectivity index (χ1) is 15.4. The van der Waals surface area contributed by atoms with Gasteiger partial charge in [0.15, 0.2) is 0 Å². The maximum Gasteiger partial charge on any atom is 0.123 e. The Kier molecular flexibility index (Phi) is 5.18. The van der Waals surface area contributed by atoms with Crippen LogP contribution in [0.15, 0.2) is 67.0 Å². The van der Waals surface area contributed by atoms with Crippen LogP contribution in [0.4, 0.5) is 4.39 Å². The van der Waals surface area contributed by atoms with Gasteiger partial charge >= 0.3 is 0 Å². The molecule has 32 heavy (non-hydrogen) atoms. The monoisotopic (exact) mass is 429 g/mol. The quantitative estimate of drug-likeness (QED) is 0.473.